The van der Waals surface area contributed by atoms with Crippen LogP contribution in [0.15, 0.2) is 48.4 Å². The Hall–Kier alpha value is -1.22. The largest absolute Gasteiger partial charge is 0.0991 e. The highest BCUT2D eigenvalue weighted by Gasteiger charge is 1.52. The molecule has 0 heterocycles. The van der Waals surface area contributed by atoms with Crippen LogP contribution >= 0.6 is 0 Å². The molecule has 0 aliphatic carbocycles. The van der Waals surface area contributed by atoms with Crippen LogP contribution in [-0.2, 0) is 0 Å². The van der Waals surface area contributed by atoms with Gasteiger partial charge in [-0.3, -0.25) is 0 Å². The van der Waals surface area contributed by atoms with Gasteiger partial charge < -0.3 is 0 Å². The van der Waals surface area contributed by atoms with Gasteiger partial charge in [0.2, 0.25) is 0 Å². The topological polar surface area (TPSA) is 0 Å². The maximum absolute atomic E-state index is 3.52. The molecule has 0 aliphatic rings. The molecule has 0 N–H and O–H groups in total. The molecule has 0 saturated carbocycles. The Labute approximate surface area is 56.2 Å². The molecule has 46 valence electrons. The Bertz CT molecular complexity index is 182. The Morgan fingerprint density at radius 1 is 1.22 bits per heavy atom. The van der Waals surface area contributed by atoms with E-state index in [4.69, 9.17) is 0 Å². The highest BCUT2D eigenvalue weighted by Crippen LogP contribution is 1.72. The van der Waals surface area contributed by atoms with E-state index in [-0.39, 0.29) is 0 Å². The Morgan fingerprint density at radius 3 is 2.56 bits per heavy atom. The quantitative estimate of drug-likeness (QED) is 0.386. The molecule has 0 heteroatoms. The fourth-order valence-electron chi connectivity index (χ4n) is 0.314. The van der Waals surface area contributed by atoms with Gasteiger partial charge in [0.25, 0.3) is 0 Å². The summed E-state index contributed by atoms with van der Waals surface area (Å²) in [5, 5.41) is 0. The monoisotopic (exact) mass is 118 g/mol. The first-order valence-electron chi connectivity index (χ1n) is 2.81. The molecule has 0 rings (SSSR count). The van der Waals surface area contributed by atoms with Gasteiger partial charge in [0.1, 0.15) is 0 Å². The number of hydrogen-bond donors (Lipinski definition) is 0. The van der Waals surface area contributed by atoms with Crippen molar-refractivity contribution in [2.45, 2.75) is 6.92 Å². The molecular formula is C9H10. The van der Waals surface area contributed by atoms with Crippen LogP contribution in [0.2, 0.25) is 0 Å². The summed E-state index contributed by atoms with van der Waals surface area (Å²) >= 11 is 0. The van der Waals surface area contributed by atoms with Crippen molar-refractivity contribution in [2.75, 3.05) is 0 Å². The zero-order valence-electron chi connectivity index (χ0n) is 5.59. The molecule has 0 atom stereocenters. The Morgan fingerprint density at radius 2 is 2.00 bits per heavy atom. The fourth-order valence-corrected chi connectivity index (χ4v) is 0.314. The van der Waals surface area contributed by atoms with Gasteiger partial charge in [-0.15, -0.1) is 0 Å². The summed E-state index contributed by atoms with van der Waals surface area (Å²) in [4.78, 5) is 0. The van der Waals surface area contributed by atoms with Gasteiger partial charge in [0.05, 0.1) is 0 Å². The summed E-state index contributed by atoms with van der Waals surface area (Å²) in [6.07, 6.45) is 8.99. The summed E-state index contributed by atoms with van der Waals surface area (Å²) < 4.78 is 0. The van der Waals surface area contributed by atoms with E-state index in [0.29, 0.717) is 0 Å². The zero-order chi connectivity index (χ0) is 6.95. The molecule has 0 amide bonds. The van der Waals surface area contributed by atoms with E-state index >= 15 is 0 Å². The lowest BCUT2D eigenvalue weighted by Crippen LogP contribution is -1.41. The molecule has 0 nitrogen and oxygen atoms in total. The van der Waals surface area contributed by atoms with Gasteiger partial charge in [-0.2, -0.15) is 0 Å². The Kier molecular flexibility index (Phi) is 5.86. The van der Waals surface area contributed by atoms with E-state index in [2.05, 4.69) is 18.0 Å². The van der Waals surface area contributed by atoms with Gasteiger partial charge >= 0.3 is 0 Å². The minimum Gasteiger partial charge on any atom is -0.0991 e. The lowest BCUT2D eigenvalue weighted by molar-refractivity contribution is 1.77. The lowest BCUT2D eigenvalue weighted by atomic mass is 10.4. The van der Waals surface area contributed by atoms with Crippen LogP contribution in [0.5, 0.6) is 0 Å². The van der Waals surface area contributed by atoms with E-state index in [1.54, 1.807) is 18.2 Å². The van der Waals surface area contributed by atoms with Gasteiger partial charge in [-0.05, 0) is 19.1 Å². The third kappa shape index (κ3) is 6.78. The normalized spacial score (nSPS) is 7.67. The van der Waals surface area contributed by atoms with Crippen LogP contribution in [-0.4, -0.2) is 0 Å². The highest BCUT2D eigenvalue weighted by atomic mass is 13.6. The minimum atomic E-state index is 1.72. The van der Waals surface area contributed by atoms with E-state index in [0.717, 1.165) is 0 Å². The molecular weight excluding hydrogens is 108 g/mol. The van der Waals surface area contributed by atoms with Crippen molar-refractivity contribution in [3.63, 3.8) is 0 Å². The maximum atomic E-state index is 3.52. The lowest BCUT2D eigenvalue weighted by Gasteiger charge is -1.62. The summed E-state index contributed by atoms with van der Waals surface area (Å²) in [5.74, 6) is 0. The summed E-state index contributed by atoms with van der Waals surface area (Å²) in [7, 11) is 0. The molecule has 0 aromatic heterocycles. The van der Waals surface area contributed by atoms with E-state index in [1.165, 1.54) is 0 Å². The van der Waals surface area contributed by atoms with Crippen LogP contribution < -0.4 is 0 Å². The van der Waals surface area contributed by atoms with E-state index < -0.39 is 0 Å². The van der Waals surface area contributed by atoms with Crippen molar-refractivity contribution in [2.24, 2.45) is 0 Å². The van der Waals surface area contributed by atoms with Gasteiger partial charge in [0.15, 0.2) is 0 Å². The van der Waals surface area contributed by atoms with Crippen molar-refractivity contribution in [3.8, 4) is 0 Å². The van der Waals surface area contributed by atoms with E-state index in [9.17, 15) is 0 Å². The van der Waals surface area contributed by atoms with Crippen molar-refractivity contribution >= 4 is 0 Å². The van der Waals surface area contributed by atoms with Crippen molar-refractivity contribution < 1.29 is 0 Å². The van der Waals surface area contributed by atoms with Gasteiger partial charge in [-0.1, -0.05) is 36.3 Å². The van der Waals surface area contributed by atoms with Gasteiger partial charge in [0, 0.05) is 0 Å². The third-order valence-corrected chi connectivity index (χ3v) is 0.654. The molecule has 0 bridgehead atoms. The average molecular weight is 118 g/mol. The smallest absolute Gasteiger partial charge is 0.0115 e. The number of allylic oxidation sites excluding steroid dienone is 5. The SMILES string of the molecule is C=CC=CC=C=C=CC. The molecule has 0 spiro atoms. The van der Waals surface area contributed by atoms with E-state index in [1.807, 2.05) is 19.1 Å². The summed E-state index contributed by atoms with van der Waals surface area (Å²) in [6, 6.07) is 0. The maximum Gasteiger partial charge on any atom is -0.0115 e. The first-order valence-corrected chi connectivity index (χ1v) is 2.81. The summed E-state index contributed by atoms with van der Waals surface area (Å²) in [5.41, 5.74) is 5.60. The third-order valence-electron chi connectivity index (χ3n) is 0.654. The molecule has 0 unspecified atom stereocenters. The highest BCUT2D eigenvalue weighted by molar-refractivity contribution is 5.08. The second-order valence-corrected chi connectivity index (χ2v) is 1.36. The molecule has 0 fully saturated rings. The van der Waals surface area contributed by atoms with Crippen LogP contribution in [0.4, 0.5) is 0 Å². The first kappa shape index (κ1) is 7.78. The molecule has 0 aliphatic heterocycles. The molecule has 0 saturated heterocycles. The van der Waals surface area contributed by atoms with Gasteiger partial charge in [-0.25, -0.2) is 0 Å². The number of rotatable bonds is 2. The van der Waals surface area contributed by atoms with Crippen LogP contribution in [0, 0.1) is 0 Å². The predicted octanol–water partition coefficient (Wildman–Crippen LogP) is 2.61. The predicted molar refractivity (Wildman–Crippen MR) is 41.2 cm³/mol. The Balaban J connectivity index is 3.87. The fraction of sp³-hybridized carbons (Fsp3) is 0.111. The molecule has 0 aromatic carbocycles. The molecule has 0 radical (unpaired) electrons. The molecule has 9 heavy (non-hydrogen) atoms. The minimum absolute atomic E-state index is 1.72. The first-order chi connectivity index (χ1) is 4.41. The summed E-state index contributed by atoms with van der Waals surface area (Å²) in [6.45, 7) is 5.42. The average Bonchev–Trinajstić information content (AvgIpc) is 1.89. The number of hydrogen-bond acceptors (Lipinski definition) is 0. The second-order valence-electron chi connectivity index (χ2n) is 1.36. The van der Waals surface area contributed by atoms with Crippen molar-refractivity contribution in [1.82, 2.24) is 0 Å². The van der Waals surface area contributed by atoms with Crippen LogP contribution in [0.1, 0.15) is 6.92 Å². The van der Waals surface area contributed by atoms with Crippen LogP contribution in [0.25, 0.3) is 0 Å². The second kappa shape index (κ2) is 6.78. The standard InChI is InChI=1S/C9H10/c1-3-5-7-9-8-6-4-2/h3-5,7,9H,1H2,2H3. The zero-order valence-corrected chi connectivity index (χ0v) is 5.59. The van der Waals surface area contributed by atoms with Crippen molar-refractivity contribution in [3.05, 3.63) is 48.4 Å². The van der Waals surface area contributed by atoms with Crippen molar-refractivity contribution in [1.29, 1.82) is 0 Å². The van der Waals surface area contributed by atoms with Crippen LogP contribution in [0.3, 0.4) is 0 Å². The molecule has 0 aromatic rings.